The molecule has 0 aliphatic carbocycles. The van der Waals surface area contributed by atoms with Crippen molar-refractivity contribution in [2.24, 2.45) is 0 Å². The number of aryl methyl sites for hydroxylation is 1. The molecular formula is C12H16FNO2. The Morgan fingerprint density at radius 3 is 2.88 bits per heavy atom. The van der Waals surface area contributed by atoms with Crippen LogP contribution < -0.4 is 5.32 Å². The lowest BCUT2D eigenvalue weighted by Crippen LogP contribution is -2.27. The molecule has 0 aliphatic rings. The molecule has 0 aliphatic heterocycles. The number of hydrogen-bond donors (Lipinski definition) is 1. The zero-order valence-electron chi connectivity index (χ0n) is 9.33. The molecule has 1 rings (SSSR count). The molecule has 0 aromatic heterocycles. The second-order valence-electron chi connectivity index (χ2n) is 3.43. The van der Waals surface area contributed by atoms with Gasteiger partial charge in [-0.15, -0.1) is 0 Å². The average Bonchev–Trinajstić information content (AvgIpc) is 2.28. The first kappa shape index (κ1) is 12.6. The summed E-state index contributed by atoms with van der Waals surface area (Å²) in [4.78, 5) is 11.3. The van der Waals surface area contributed by atoms with Gasteiger partial charge in [0.15, 0.2) is 0 Å². The normalized spacial score (nSPS) is 10.1. The molecule has 0 saturated carbocycles. The zero-order chi connectivity index (χ0) is 11.8. The van der Waals surface area contributed by atoms with Gasteiger partial charge in [-0.1, -0.05) is 18.2 Å². The fourth-order valence-corrected chi connectivity index (χ4v) is 1.33. The predicted octanol–water partition coefficient (Wildman–Crippen LogP) is 1.52. The quantitative estimate of drug-likeness (QED) is 0.745. The molecule has 16 heavy (non-hydrogen) atoms. The lowest BCUT2D eigenvalue weighted by atomic mass is 10.1. The number of ether oxygens (including phenoxy) is 1. The molecule has 1 amide bonds. The van der Waals surface area contributed by atoms with Gasteiger partial charge in [-0.2, -0.15) is 0 Å². The highest BCUT2D eigenvalue weighted by Gasteiger charge is 2.04. The van der Waals surface area contributed by atoms with Crippen LogP contribution in [0.25, 0.3) is 0 Å². The van der Waals surface area contributed by atoms with Crippen molar-refractivity contribution in [3.63, 3.8) is 0 Å². The van der Waals surface area contributed by atoms with E-state index < -0.39 is 0 Å². The predicted molar refractivity (Wildman–Crippen MR) is 59.6 cm³/mol. The van der Waals surface area contributed by atoms with E-state index in [9.17, 15) is 9.18 Å². The summed E-state index contributed by atoms with van der Waals surface area (Å²) < 4.78 is 18.0. The van der Waals surface area contributed by atoms with Gasteiger partial charge in [0.25, 0.3) is 0 Å². The molecule has 88 valence electrons. The van der Waals surface area contributed by atoms with Crippen LogP contribution in [0.3, 0.4) is 0 Å². The van der Waals surface area contributed by atoms with E-state index in [2.05, 4.69) is 5.32 Å². The molecular weight excluding hydrogens is 209 g/mol. The Bertz CT molecular complexity index is 342. The second-order valence-corrected chi connectivity index (χ2v) is 3.43. The van der Waals surface area contributed by atoms with E-state index in [1.807, 2.05) is 0 Å². The van der Waals surface area contributed by atoms with E-state index in [1.54, 1.807) is 25.3 Å². The van der Waals surface area contributed by atoms with Gasteiger partial charge >= 0.3 is 0 Å². The van der Waals surface area contributed by atoms with Crippen molar-refractivity contribution < 1.29 is 13.9 Å². The SMILES string of the molecule is COCCNC(=O)CCc1ccccc1F. The van der Waals surface area contributed by atoms with Crippen LogP contribution in [0, 0.1) is 5.82 Å². The van der Waals surface area contributed by atoms with Crippen LogP contribution in [-0.2, 0) is 16.0 Å². The Labute approximate surface area is 94.6 Å². The number of halogens is 1. The fourth-order valence-electron chi connectivity index (χ4n) is 1.33. The number of benzene rings is 1. The van der Waals surface area contributed by atoms with Crippen LogP contribution in [0.1, 0.15) is 12.0 Å². The molecule has 1 aromatic carbocycles. The molecule has 0 fully saturated rings. The van der Waals surface area contributed by atoms with Gasteiger partial charge in [0.1, 0.15) is 5.82 Å². The number of methoxy groups -OCH3 is 1. The molecule has 0 saturated heterocycles. The summed E-state index contributed by atoms with van der Waals surface area (Å²) in [6.45, 7) is 0.984. The van der Waals surface area contributed by atoms with Crippen molar-refractivity contribution in [1.82, 2.24) is 5.32 Å². The Morgan fingerprint density at radius 2 is 2.19 bits per heavy atom. The van der Waals surface area contributed by atoms with Crippen molar-refractivity contribution in [3.8, 4) is 0 Å². The van der Waals surface area contributed by atoms with Gasteiger partial charge in [0.2, 0.25) is 5.91 Å². The van der Waals surface area contributed by atoms with E-state index in [-0.39, 0.29) is 11.7 Å². The van der Waals surface area contributed by atoms with Crippen LogP contribution in [0.2, 0.25) is 0 Å². The lowest BCUT2D eigenvalue weighted by Gasteiger charge is -2.05. The Balaban J connectivity index is 2.29. The minimum atomic E-state index is -0.257. The largest absolute Gasteiger partial charge is 0.383 e. The Kier molecular flexibility index (Phi) is 5.50. The zero-order valence-corrected chi connectivity index (χ0v) is 9.33. The van der Waals surface area contributed by atoms with Crippen LogP contribution >= 0.6 is 0 Å². The van der Waals surface area contributed by atoms with Crippen LogP contribution in [0.4, 0.5) is 4.39 Å². The maximum Gasteiger partial charge on any atom is 0.220 e. The average molecular weight is 225 g/mol. The van der Waals surface area contributed by atoms with E-state index in [0.717, 1.165) is 0 Å². The molecule has 1 N–H and O–H groups in total. The first-order valence-electron chi connectivity index (χ1n) is 5.23. The van der Waals surface area contributed by atoms with Crippen LogP contribution in [-0.4, -0.2) is 26.2 Å². The van der Waals surface area contributed by atoms with Crippen molar-refractivity contribution in [1.29, 1.82) is 0 Å². The smallest absolute Gasteiger partial charge is 0.220 e. The van der Waals surface area contributed by atoms with Gasteiger partial charge in [0.05, 0.1) is 6.61 Å². The number of amides is 1. The second kappa shape index (κ2) is 6.95. The number of hydrogen-bond acceptors (Lipinski definition) is 2. The molecule has 1 aromatic rings. The van der Waals surface area contributed by atoms with Gasteiger partial charge in [-0.05, 0) is 18.1 Å². The molecule has 0 atom stereocenters. The van der Waals surface area contributed by atoms with Gasteiger partial charge in [0, 0.05) is 20.1 Å². The minimum absolute atomic E-state index is 0.0831. The van der Waals surface area contributed by atoms with E-state index >= 15 is 0 Å². The summed E-state index contributed by atoms with van der Waals surface area (Å²) in [6, 6.07) is 6.49. The summed E-state index contributed by atoms with van der Waals surface area (Å²) in [5.74, 6) is -0.340. The number of carbonyl (C=O) groups excluding carboxylic acids is 1. The third kappa shape index (κ3) is 4.40. The van der Waals surface area contributed by atoms with E-state index in [4.69, 9.17) is 4.74 Å². The van der Waals surface area contributed by atoms with Crippen molar-refractivity contribution in [2.45, 2.75) is 12.8 Å². The van der Waals surface area contributed by atoms with E-state index in [0.29, 0.717) is 31.6 Å². The Hall–Kier alpha value is -1.42. The van der Waals surface area contributed by atoms with Crippen LogP contribution in [0.15, 0.2) is 24.3 Å². The third-order valence-corrected chi connectivity index (χ3v) is 2.21. The standard InChI is InChI=1S/C12H16FNO2/c1-16-9-8-14-12(15)7-6-10-4-2-3-5-11(10)13/h2-5H,6-9H2,1H3,(H,14,15). The number of rotatable bonds is 6. The van der Waals surface area contributed by atoms with Crippen LogP contribution in [0.5, 0.6) is 0 Å². The molecule has 0 radical (unpaired) electrons. The fraction of sp³-hybridized carbons (Fsp3) is 0.417. The summed E-state index contributed by atoms with van der Waals surface area (Å²) in [5.41, 5.74) is 0.574. The molecule has 0 unspecified atom stereocenters. The summed E-state index contributed by atoms with van der Waals surface area (Å²) in [5, 5.41) is 2.69. The molecule has 0 heterocycles. The van der Waals surface area contributed by atoms with Gasteiger partial charge in [-0.3, -0.25) is 4.79 Å². The maximum absolute atomic E-state index is 13.2. The number of carbonyl (C=O) groups is 1. The monoisotopic (exact) mass is 225 g/mol. The highest BCUT2D eigenvalue weighted by Crippen LogP contribution is 2.08. The van der Waals surface area contributed by atoms with Crippen molar-refractivity contribution in [2.75, 3.05) is 20.3 Å². The summed E-state index contributed by atoms with van der Waals surface area (Å²) in [6.07, 6.45) is 0.718. The minimum Gasteiger partial charge on any atom is -0.383 e. The summed E-state index contributed by atoms with van der Waals surface area (Å²) >= 11 is 0. The molecule has 4 heteroatoms. The highest BCUT2D eigenvalue weighted by molar-refractivity contribution is 5.76. The van der Waals surface area contributed by atoms with Crippen molar-refractivity contribution >= 4 is 5.91 Å². The summed E-state index contributed by atoms with van der Waals surface area (Å²) in [7, 11) is 1.57. The molecule has 0 bridgehead atoms. The highest BCUT2D eigenvalue weighted by atomic mass is 19.1. The van der Waals surface area contributed by atoms with E-state index in [1.165, 1.54) is 6.07 Å². The molecule has 3 nitrogen and oxygen atoms in total. The first-order chi connectivity index (χ1) is 7.74. The number of nitrogens with one attached hydrogen (secondary N) is 1. The van der Waals surface area contributed by atoms with Gasteiger partial charge in [-0.25, -0.2) is 4.39 Å². The maximum atomic E-state index is 13.2. The first-order valence-corrected chi connectivity index (χ1v) is 5.23. The Morgan fingerprint density at radius 1 is 1.44 bits per heavy atom. The third-order valence-electron chi connectivity index (χ3n) is 2.21. The topological polar surface area (TPSA) is 38.3 Å². The van der Waals surface area contributed by atoms with Gasteiger partial charge < -0.3 is 10.1 Å². The molecule has 0 spiro atoms. The lowest BCUT2D eigenvalue weighted by molar-refractivity contribution is -0.121. The van der Waals surface area contributed by atoms with Crippen molar-refractivity contribution in [3.05, 3.63) is 35.6 Å².